The number of nitrogens with two attached hydrogens (primary N) is 1. The molecule has 202 valence electrons. The first-order chi connectivity index (χ1) is 18.9. The van der Waals surface area contributed by atoms with Gasteiger partial charge in [0.1, 0.15) is 0 Å². The summed E-state index contributed by atoms with van der Waals surface area (Å²) in [6.45, 7) is 0.788. The summed E-state index contributed by atoms with van der Waals surface area (Å²) in [7, 11) is 0. The third kappa shape index (κ3) is 6.23. The van der Waals surface area contributed by atoms with Crippen LogP contribution in [0.5, 0.6) is 0 Å². The van der Waals surface area contributed by atoms with Crippen LogP contribution in [0, 0.1) is 5.92 Å². The number of benzene rings is 3. The predicted octanol–water partition coefficient (Wildman–Crippen LogP) is 5.78. The Hall–Kier alpha value is -3.49. The molecule has 1 aliphatic heterocycles. The van der Waals surface area contributed by atoms with Crippen molar-refractivity contribution < 1.29 is 14.4 Å². The Morgan fingerprint density at radius 1 is 0.949 bits per heavy atom. The summed E-state index contributed by atoms with van der Waals surface area (Å²) >= 11 is 3.48. The Morgan fingerprint density at radius 3 is 2.49 bits per heavy atom. The maximum Gasteiger partial charge on any atom is 0.258 e. The smallest absolute Gasteiger partial charge is 0.258 e. The molecule has 3 aromatic carbocycles. The zero-order chi connectivity index (χ0) is 27.4. The van der Waals surface area contributed by atoms with E-state index in [0.29, 0.717) is 35.6 Å². The van der Waals surface area contributed by atoms with Gasteiger partial charge in [-0.1, -0.05) is 65.5 Å². The van der Waals surface area contributed by atoms with Gasteiger partial charge in [-0.15, -0.1) is 0 Å². The zero-order valence-corrected chi connectivity index (χ0v) is 23.4. The number of halogens is 1. The minimum absolute atomic E-state index is 0.146. The van der Waals surface area contributed by atoms with E-state index in [1.807, 2.05) is 42.5 Å². The minimum atomic E-state index is -0.261. The molecule has 4 N–H and O–H groups in total. The Balaban J connectivity index is 1.47. The second kappa shape index (κ2) is 12.1. The third-order valence-electron chi connectivity index (χ3n) is 7.68. The zero-order valence-electron chi connectivity index (χ0n) is 21.8. The number of hydrogen-bond acceptors (Lipinski definition) is 4. The van der Waals surface area contributed by atoms with E-state index >= 15 is 0 Å². The fourth-order valence-corrected chi connectivity index (χ4v) is 6.12. The first kappa shape index (κ1) is 27.1. The number of anilines is 2. The molecule has 0 aromatic heterocycles. The molecule has 0 saturated heterocycles. The van der Waals surface area contributed by atoms with Crippen LogP contribution in [0.15, 0.2) is 71.2 Å². The highest BCUT2D eigenvalue weighted by Gasteiger charge is 2.38. The van der Waals surface area contributed by atoms with Gasteiger partial charge in [-0.3, -0.25) is 14.4 Å². The summed E-state index contributed by atoms with van der Waals surface area (Å²) in [5, 5.41) is 5.94. The number of nitrogens with one attached hydrogen (secondary N) is 2. The molecule has 3 aromatic rings. The molecule has 1 saturated carbocycles. The summed E-state index contributed by atoms with van der Waals surface area (Å²) in [4.78, 5) is 42.1. The van der Waals surface area contributed by atoms with E-state index in [2.05, 4.69) is 26.6 Å². The van der Waals surface area contributed by atoms with Gasteiger partial charge in [0.2, 0.25) is 5.91 Å². The summed E-state index contributed by atoms with van der Waals surface area (Å²) in [5.74, 6) is -0.323. The summed E-state index contributed by atoms with van der Waals surface area (Å²) < 4.78 is 0.816. The van der Waals surface area contributed by atoms with Crippen molar-refractivity contribution >= 4 is 45.0 Å². The molecule has 1 aliphatic carbocycles. The number of carbonyl (C=O) groups excluding carboxylic acids is 3. The van der Waals surface area contributed by atoms with Gasteiger partial charge >= 0.3 is 0 Å². The van der Waals surface area contributed by atoms with Crippen LogP contribution in [0.3, 0.4) is 0 Å². The topological polar surface area (TPSA) is 105 Å². The highest BCUT2D eigenvalue weighted by atomic mass is 79.9. The number of rotatable bonds is 6. The van der Waals surface area contributed by atoms with Gasteiger partial charge in [-0.05, 0) is 66.3 Å². The van der Waals surface area contributed by atoms with Gasteiger partial charge in [0.05, 0.1) is 11.4 Å². The van der Waals surface area contributed by atoms with E-state index in [9.17, 15) is 14.4 Å². The molecular formula is C31H33BrN4O3. The van der Waals surface area contributed by atoms with Crippen molar-refractivity contribution in [3.63, 3.8) is 0 Å². The molecule has 8 heteroatoms. The first-order valence-corrected chi connectivity index (χ1v) is 14.3. The van der Waals surface area contributed by atoms with Crippen molar-refractivity contribution in [3.05, 3.63) is 93.5 Å². The Kier molecular flexibility index (Phi) is 8.43. The van der Waals surface area contributed by atoms with Gasteiger partial charge < -0.3 is 21.3 Å². The van der Waals surface area contributed by atoms with Crippen LogP contribution in [0.4, 0.5) is 11.4 Å². The Morgan fingerprint density at radius 2 is 1.72 bits per heavy atom. The van der Waals surface area contributed by atoms with Gasteiger partial charge in [-0.25, -0.2) is 0 Å². The lowest BCUT2D eigenvalue weighted by Gasteiger charge is -2.37. The van der Waals surface area contributed by atoms with Crippen LogP contribution >= 0.6 is 15.9 Å². The Labute approximate surface area is 237 Å². The molecule has 1 fully saturated rings. The second-order valence-electron chi connectivity index (χ2n) is 10.3. The quantitative estimate of drug-likeness (QED) is 0.339. The molecular weight excluding hydrogens is 556 g/mol. The maximum atomic E-state index is 14.0. The van der Waals surface area contributed by atoms with Crippen LogP contribution in [-0.4, -0.2) is 23.8 Å². The normalized spacial score (nSPS) is 17.6. The average Bonchev–Trinajstić information content (AvgIpc) is 3.11. The lowest BCUT2D eigenvalue weighted by molar-refractivity contribution is -0.116. The van der Waals surface area contributed by atoms with Crippen LogP contribution in [0.2, 0.25) is 0 Å². The highest BCUT2D eigenvalue weighted by molar-refractivity contribution is 9.10. The molecule has 1 heterocycles. The number of amides is 3. The van der Waals surface area contributed by atoms with E-state index in [-0.39, 0.29) is 36.1 Å². The molecule has 7 nitrogen and oxygen atoms in total. The summed E-state index contributed by atoms with van der Waals surface area (Å²) in [6.07, 6.45) is 5.57. The van der Waals surface area contributed by atoms with Crippen LogP contribution in [-0.2, 0) is 17.9 Å². The van der Waals surface area contributed by atoms with Gasteiger partial charge in [0.15, 0.2) is 0 Å². The van der Waals surface area contributed by atoms with E-state index in [4.69, 9.17) is 5.73 Å². The summed E-state index contributed by atoms with van der Waals surface area (Å²) in [5.41, 5.74) is 9.74. The van der Waals surface area contributed by atoms with Crippen molar-refractivity contribution in [2.45, 2.75) is 57.7 Å². The third-order valence-corrected chi connectivity index (χ3v) is 8.18. The molecule has 0 radical (unpaired) electrons. The van der Waals surface area contributed by atoms with E-state index < -0.39 is 0 Å². The summed E-state index contributed by atoms with van der Waals surface area (Å²) in [6, 6.07) is 20.0. The molecule has 0 spiro atoms. The fourth-order valence-electron chi connectivity index (χ4n) is 5.72. The fraction of sp³-hybridized carbons (Fsp3) is 0.323. The van der Waals surface area contributed by atoms with Gasteiger partial charge in [0.25, 0.3) is 11.8 Å². The molecule has 2 aliphatic rings. The number of hydrogen-bond donors (Lipinski definition) is 3. The largest absolute Gasteiger partial charge is 0.348 e. The lowest BCUT2D eigenvalue weighted by atomic mass is 9.81. The van der Waals surface area contributed by atoms with E-state index in [1.165, 1.54) is 6.42 Å². The van der Waals surface area contributed by atoms with Crippen LogP contribution < -0.4 is 21.3 Å². The average molecular weight is 590 g/mol. The van der Waals surface area contributed by atoms with Crippen molar-refractivity contribution in [2.24, 2.45) is 11.7 Å². The Bertz CT molecular complexity index is 1390. The SMILES string of the molecule is NCc1cccc(CNC(=O)c2ccc3c(c2)NC(=O)CC(C2CCCCC2)N3C(=O)c2cccc(Br)c2)c1. The van der Waals surface area contributed by atoms with Gasteiger partial charge in [0, 0.05) is 41.2 Å². The molecule has 39 heavy (non-hydrogen) atoms. The van der Waals surface area contributed by atoms with Crippen LogP contribution in [0.1, 0.15) is 70.4 Å². The van der Waals surface area contributed by atoms with Crippen LogP contribution in [0.25, 0.3) is 0 Å². The number of nitrogens with zero attached hydrogens (tertiary/aromatic N) is 1. The molecule has 1 unspecified atom stereocenters. The van der Waals surface area contributed by atoms with Crippen molar-refractivity contribution in [1.29, 1.82) is 0 Å². The molecule has 0 bridgehead atoms. The van der Waals surface area contributed by atoms with Crippen molar-refractivity contribution in [3.8, 4) is 0 Å². The standard InChI is InChI=1S/C31H33BrN4O3/c32-25-11-5-10-24(15-25)31(39)36-27-13-12-23(30(38)34-19-21-7-4-6-20(14-21)18-33)16-26(27)35-29(37)17-28(36)22-8-2-1-3-9-22/h4-7,10-16,22,28H,1-3,8-9,17-19,33H2,(H,34,38)(H,35,37). The lowest BCUT2D eigenvalue weighted by Crippen LogP contribution is -2.46. The minimum Gasteiger partial charge on any atom is -0.348 e. The van der Waals surface area contributed by atoms with E-state index in [0.717, 1.165) is 41.3 Å². The van der Waals surface area contributed by atoms with E-state index in [1.54, 1.807) is 29.2 Å². The monoisotopic (exact) mass is 588 g/mol. The molecule has 5 rings (SSSR count). The molecule has 3 amide bonds. The van der Waals surface area contributed by atoms with Crippen molar-refractivity contribution in [1.82, 2.24) is 5.32 Å². The molecule has 1 atom stereocenters. The second-order valence-corrected chi connectivity index (χ2v) is 11.3. The van der Waals surface area contributed by atoms with Crippen molar-refractivity contribution in [2.75, 3.05) is 10.2 Å². The van der Waals surface area contributed by atoms with Gasteiger partial charge in [-0.2, -0.15) is 0 Å². The first-order valence-electron chi connectivity index (χ1n) is 13.5. The predicted molar refractivity (Wildman–Crippen MR) is 157 cm³/mol. The maximum absolute atomic E-state index is 14.0. The number of carbonyl (C=O) groups is 3. The number of fused-ring (bicyclic) bond motifs is 1. The highest BCUT2D eigenvalue weighted by Crippen LogP contribution is 2.39.